The summed E-state index contributed by atoms with van der Waals surface area (Å²) in [4.78, 5) is 29.4. The fourth-order valence-corrected chi connectivity index (χ4v) is 6.25. The highest BCUT2D eigenvalue weighted by Crippen LogP contribution is 2.42. The smallest absolute Gasteiger partial charge is 0.371 e. The lowest BCUT2D eigenvalue weighted by atomic mass is 9.80. The number of benzene rings is 1. The van der Waals surface area contributed by atoms with Gasteiger partial charge >= 0.3 is 6.18 Å². The van der Waals surface area contributed by atoms with Crippen molar-refractivity contribution in [3.05, 3.63) is 46.7 Å². The number of aromatic nitrogens is 3. The Balaban J connectivity index is 1.13. The fourth-order valence-electron chi connectivity index (χ4n) is 5.38. The summed E-state index contributed by atoms with van der Waals surface area (Å²) in [6.07, 6.45) is 2.50. The molecule has 0 radical (unpaired) electrons. The van der Waals surface area contributed by atoms with Gasteiger partial charge in [0, 0.05) is 50.3 Å². The molecule has 0 atom stereocenters. The van der Waals surface area contributed by atoms with Crippen LogP contribution in [0.5, 0.6) is 0 Å². The zero-order valence-corrected chi connectivity index (χ0v) is 21.5. The van der Waals surface area contributed by atoms with E-state index in [9.17, 15) is 18.0 Å². The molecular weight excluding hydrogens is 505 g/mol. The van der Waals surface area contributed by atoms with Crippen molar-refractivity contribution in [3.63, 3.8) is 0 Å². The van der Waals surface area contributed by atoms with Gasteiger partial charge in [-0.15, -0.1) is 11.3 Å². The van der Waals surface area contributed by atoms with Crippen molar-refractivity contribution >= 4 is 34.0 Å². The molecule has 1 aliphatic heterocycles. The number of rotatable bonds is 7. The lowest BCUT2D eigenvalue weighted by Crippen LogP contribution is -2.63. The number of halogens is 3. The molecule has 0 unspecified atom stereocenters. The van der Waals surface area contributed by atoms with Crippen molar-refractivity contribution in [2.75, 3.05) is 38.7 Å². The minimum absolute atomic E-state index is 0.0214. The highest BCUT2D eigenvalue weighted by molar-refractivity contribution is 7.09. The molecule has 3 heterocycles. The van der Waals surface area contributed by atoms with Crippen molar-refractivity contribution in [3.8, 4) is 0 Å². The van der Waals surface area contributed by atoms with Gasteiger partial charge in [-0.2, -0.15) is 13.2 Å². The van der Waals surface area contributed by atoms with Crippen LogP contribution in [0.15, 0.2) is 36.1 Å². The Bertz CT molecular complexity index is 1240. The van der Waals surface area contributed by atoms with Gasteiger partial charge in [-0.05, 0) is 43.9 Å². The zero-order chi connectivity index (χ0) is 26.2. The SMILES string of the molecule is COC1(c2nccs2)CCC(N2CC(NC(=O)CN(C)c3ncnc4ccc(C(F)(F)F)cc34)C2)CC1. The summed E-state index contributed by atoms with van der Waals surface area (Å²) in [5.41, 5.74) is -0.681. The van der Waals surface area contributed by atoms with Crippen LogP contribution in [0.4, 0.5) is 19.0 Å². The number of carbonyl (C=O) groups excluding carboxylic acids is 1. The fraction of sp³-hybridized carbons (Fsp3) is 0.520. The average Bonchev–Trinajstić information content (AvgIpc) is 3.40. The van der Waals surface area contributed by atoms with Crippen LogP contribution in [0.3, 0.4) is 0 Å². The van der Waals surface area contributed by atoms with Gasteiger partial charge in [0.25, 0.3) is 0 Å². The summed E-state index contributed by atoms with van der Waals surface area (Å²) in [6.45, 7) is 1.54. The van der Waals surface area contributed by atoms with Gasteiger partial charge in [-0.25, -0.2) is 15.0 Å². The summed E-state index contributed by atoms with van der Waals surface area (Å²) in [6, 6.07) is 3.84. The molecule has 0 bridgehead atoms. The highest BCUT2D eigenvalue weighted by atomic mass is 32.1. The highest BCUT2D eigenvalue weighted by Gasteiger charge is 2.43. The van der Waals surface area contributed by atoms with Crippen LogP contribution in [0.25, 0.3) is 10.9 Å². The van der Waals surface area contributed by atoms with E-state index in [1.54, 1.807) is 30.4 Å². The predicted molar refractivity (Wildman–Crippen MR) is 134 cm³/mol. The molecule has 1 aromatic carbocycles. The van der Waals surface area contributed by atoms with Gasteiger partial charge < -0.3 is 15.0 Å². The number of likely N-dealkylation sites (N-methyl/N-ethyl adjacent to an activating group) is 1. The van der Waals surface area contributed by atoms with Gasteiger partial charge in [-0.3, -0.25) is 9.69 Å². The average molecular weight is 535 g/mol. The van der Waals surface area contributed by atoms with E-state index in [4.69, 9.17) is 4.74 Å². The minimum Gasteiger partial charge on any atom is -0.371 e. The number of nitrogens with zero attached hydrogens (tertiary/aromatic N) is 5. The Morgan fingerprint density at radius 1 is 1.24 bits per heavy atom. The normalized spacial score (nSPS) is 23.1. The van der Waals surface area contributed by atoms with E-state index in [1.807, 2.05) is 11.6 Å². The van der Waals surface area contributed by atoms with E-state index >= 15 is 0 Å². The molecule has 1 N–H and O–H groups in total. The number of amides is 1. The van der Waals surface area contributed by atoms with Crippen molar-refractivity contribution in [2.24, 2.45) is 0 Å². The monoisotopic (exact) mass is 534 g/mol. The van der Waals surface area contributed by atoms with Crippen LogP contribution in [0.1, 0.15) is 36.3 Å². The molecule has 2 aromatic heterocycles. The third kappa shape index (κ3) is 5.27. The first-order valence-electron chi connectivity index (χ1n) is 12.2. The number of carbonyl (C=O) groups is 1. The Kier molecular flexibility index (Phi) is 7.08. The second kappa shape index (κ2) is 10.1. The second-order valence-corrected chi connectivity index (χ2v) is 10.7. The third-order valence-corrected chi connectivity index (χ3v) is 8.41. The number of methoxy groups -OCH3 is 1. The number of likely N-dealkylation sites (tertiary alicyclic amines) is 1. The van der Waals surface area contributed by atoms with Gasteiger partial charge in [0.05, 0.1) is 23.7 Å². The largest absolute Gasteiger partial charge is 0.416 e. The van der Waals surface area contributed by atoms with Crippen LogP contribution < -0.4 is 10.2 Å². The predicted octanol–water partition coefficient (Wildman–Crippen LogP) is 3.83. The molecule has 0 spiro atoms. The maximum atomic E-state index is 13.2. The number of anilines is 1. The number of ether oxygens (including phenoxy) is 1. The number of thiazole rings is 1. The van der Waals surface area contributed by atoms with Gasteiger partial charge in [0.15, 0.2) is 0 Å². The van der Waals surface area contributed by atoms with Gasteiger partial charge in [-0.1, -0.05) is 0 Å². The minimum atomic E-state index is -4.47. The number of alkyl halides is 3. The van der Waals surface area contributed by atoms with E-state index in [2.05, 4.69) is 25.2 Å². The van der Waals surface area contributed by atoms with Crippen LogP contribution in [0.2, 0.25) is 0 Å². The third-order valence-electron chi connectivity index (χ3n) is 7.45. The number of nitrogens with one attached hydrogen (secondary N) is 1. The molecule has 1 aliphatic carbocycles. The van der Waals surface area contributed by atoms with E-state index < -0.39 is 11.7 Å². The van der Waals surface area contributed by atoms with E-state index in [0.29, 0.717) is 11.6 Å². The van der Waals surface area contributed by atoms with E-state index in [1.165, 1.54) is 12.4 Å². The Morgan fingerprint density at radius 2 is 2.00 bits per heavy atom. The molecule has 37 heavy (non-hydrogen) atoms. The molecule has 5 rings (SSSR count). The summed E-state index contributed by atoms with van der Waals surface area (Å²) < 4.78 is 45.5. The Hall–Kier alpha value is -2.83. The molecular formula is C25H29F3N6O2S. The molecule has 1 saturated heterocycles. The molecule has 1 amide bonds. The number of hydrogen-bond acceptors (Lipinski definition) is 8. The first-order valence-corrected chi connectivity index (χ1v) is 13.1. The van der Waals surface area contributed by atoms with Crippen molar-refractivity contribution in [2.45, 2.75) is 49.5 Å². The second-order valence-electron chi connectivity index (χ2n) is 9.77. The first kappa shape index (κ1) is 25.8. The Morgan fingerprint density at radius 3 is 2.65 bits per heavy atom. The van der Waals surface area contributed by atoms with Gasteiger partial charge in [0.2, 0.25) is 5.91 Å². The molecule has 12 heteroatoms. The number of hydrogen-bond donors (Lipinski definition) is 1. The summed E-state index contributed by atoms with van der Waals surface area (Å²) >= 11 is 1.64. The molecule has 2 fully saturated rings. The molecule has 8 nitrogen and oxygen atoms in total. The molecule has 198 valence electrons. The lowest BCUT2D eigenvalue weighted by Gasteiger charge is -2.48. The van der Waals surface area contributed by atoms with Crippen LogP contribution in [-0.2, 0) is 21.3 Å². The topological polar surface area (TPSA) is 83.5 Å². The van der Waals surface area contributed by atoms with Crippen LogP contribution >= 0.6 is 11.3 Å². The molecule has 3 aromatic rings. The summed E-state index contributed by atoms with van der Waals surface area (Å²) in [7, 11) is 3.40. The van der Waals surface area contributed by atoms with E-state index in [0.717, 1.165) is 55.9 Å². The standard InChI is InChI=1S/C25H29F3N6O2S/c1-33(22-19-11-16(25(26,27)28)3-4-20(19)30-15-31-22)14-21(35)32-17-12-34(13-17)18-5-7-24(36-2,8-6-18)23-29-9-10-37-23/h3-4,9-11,15,17-18H,5-8,12-14H2,1-2H3,(H,32,35). The van der Waals surface area contributed by atoms with Crippen molar-refractivity contribution in [1.29, 1.82) is 0 Å². The lowest BCUT2D eigenvalue weighted by molar-refractivity contribution is -0.137. The quantitative estimate of drug-likeness (QED) is 0.493. The molecule has 1 saturated carbocycles. The number of fused-ring (bicyclic) bond motifs is 1. The van der Waals surface area contributed by atoms with Crippen molar-refractivity contribution in [1.82, 2.24) is 25.2 Å². The zero-order valence-electron chi connectivity index (χ0n) is 20.7. The Labute approximate surface area is 216 Å². The summed E-state index contributed by atoms with van der Waals surface area (Å²) in [5, 5.41) is 6.32. The van der Waals surface area contributed by atoms with Gasteiger partial charge in [0.1, 0.15) is 22.8 Å². The van der Waals surface area contributed by atoms with Crippen LogP contribution in [-0.4, -0.2) is 71.6 Å². The van der Waals surface area contributed by atoms with E-state index in [-0.39, 0.29) is 35.3 Å². The first-order chi connectivity index (χ1) is 17.7. The van der Waals surface area contributed by atoms with Crippen molar-refractivity contribution < 1.29 is 22.7 Å². The molecule has 2 aliphatic rings. The van der Waals surface area contributed by atoms with Crippen LogP contribution in [0, 0.1) is 0 Å². The summed E-state index contributed by atoms with van der Waals surface area (Å²) in [5.74, 6) is 0.0854. The maximum Gasteiger partial charge on any atom is 0.416 e. The maximum absolute atomic E-state index is 13.2.